The van der Waals surface area contributed by atoms with Crippen molar-refractivity contribution in [3.63, 3.8) is 0 Å². The van der Waals surface area contributed by atoms with Gasteiger partial charge in [-0.05, 0) is 66.6 Å². The molecule has 3 N–H and O–H groups in total. The first-order valence-corrected chi connectivity index (χ1v) is 7.35. The van der Waals surface area contributed by atoms with E-state index in [2.05, 4.69) is 38.7 Å². The van der Waals surface area contributed by atoms with Crippen LogP contribution >= 0.6 is 28.1 Å². The zero-order valence-corrected chi connectivity index (χ0v) is 14.0. The van der Waals surface area contributed by atoms with E-state index in [1.165, 1.54) is 0 Å². The van der Waals surface area contributed by atoms with Crippen LogP contribution in [-0.2, 0) is 0 Å². The fourth-order valence-corrected chi connectivity index (χ4v) is 2.05. The summed E-state index contributed by atoms with van der Waals surface area (Å²) in [4.78, 5) is 0. The molecule has 0 radical (unpaired) electrons. The molecule has 0 aliphatic rings. The molecule has 0 saturated heterocycles. The largest absolute Gasteiger partial charge is 0.490 e. The van der Waals surface area contributed by atoms with E-state index in [0.29, 0.717) is 18.1 Å². The van der Waals surface area contributed by atoms with Crippen molar-refractivity contribution in [2.45, 2.75) is 26.9 Å². The molecule has 0 bridgehead atoms. The van der Waals surface area contributed by atoms with Crippen LogP contribution in [0.2, 0.25) is 0 Å². The van der Waals surface area contributed by atoms with Gasteiger partial charge in [-0.2, -0.15) is 5.10 Å². The number of benzene rings is 1. The van der Waals surface area contributed by atoms with Crippen molar-refractivity contribution in [1.82, 2.24) is 5.43 Å². The van der Waals surface area contributed by atoms with Gasteiger partial charge in [-0.1, -0.05) is 0 Å². The second kappa shape index (κ2) is 8.06. The molecule has 0 fully saturated rings. The number of hydrogen-bond acceptors (Lipinski definition) is 4. The Morgan fingerprint density at radius 2 is 2.25 bits per heavy atom. The summed E-state index contributed by atoms with van der Waals surface area (Å²) < 4.78 is 12.2. The Hall–Kier alpha value is -1.34. The lowest BCUT2D eigenvalue weighted by Crippen LogP contribution is -2.24. The van der Waals surface area contributed by atoms with Crippen molar-refractivity contribution in [3.8, 4) is 11.5 Å². The summed E-state index contributed by atoms with van der Waals surface area (Å²) in [5, 5.41) is 4.03. The average molecular weight is 360 g/mol. The van der Waals surface area contributed by atoms with E-state index in [9.17, 15) is 0 Å². The van der Waals surface area contributed by atoms with Crippen LogP contribution in [0, 0.1) is 0 Å². The van der Waals surface area contributed by atoms with Gasteiger partial charge in [0.15, 0.2) is 16.6 Å². The van der Waals surface area contributed by atoms with Crippen molar-refractivity contribution in [2.75, 3.05) is 6.61 Å². The molecule has 0 saturated carbocycles. The first kappa shape index (κ1) is 16.7. The van der Waals surface area contributed by atoms with Crippen LogP contribution in [0.15, 0.2) is 21.7 Å². The van der Waals surface area contributed by atoms with E-state index in [1.807, 2.05) is 32.9 Å². The normalized spacial score (nSPS) is 10.8. The Labute approximate surface area is 132 Å². The van der Waals surface area contributed by atoms with Crippen LogP contribution in [0.3, 0.4) is 0 Å². The molecule has 0 amide bonds. The SMILES string of the molecule is CCOc1cc(C=NNC(N)=S)cc(Br)c1OC(C)C. The number of ether oxygens (including phenoxy) is 2. The van der Waals surface area contributed by atoms with Crippen molar-refractivity contribution in [1.29, 1.82) is 0 Å². The summed E-state index contributed by atoms with van der Waals surface area (Å²) in [6, 6.07) is 3.72. The van der Waals surface area contributed by atoms with E-state index in [-0.39, 0.29) is 11.2 Å². The Morgan fingerprint density at radius 1 is 1.55 bits per heavy atom. The van der Waals surface area contributed by atoms with Crippen LogP contribution in [0.5, 0.6) is 11.5 Å². The minimum absolute atomic E-state index is 0.0568. The Kier molecular flexibility index (Phi) is 6.74. The third kappa shape index (κ3) is 5.34. The van der Waals surface area contributed by atoms with E-state index >= 15 is 0 Å². The van der Waals surface area contributed by atoms with E-state index in [0.717, 1.165) is 10.0 Å². The lowest BCUT2D eigenvalue weighted by Gasteiger charge is -2.16. The highest BCUT2D eigenvalue weighted by Crippen LogP contribution is 2.37. The van der Waals surface area contributed by atoms with Crippen molar-refractivity contribution >= 4 is 39.5 Å². The summed E-state index contributed by atoms with van der Waals surface area (Å²) >= 11 is 8.15. The van der Waals surface area contributed by atoms with E-state index < -0.39 is 0 Å². The van der Waals surface area contributed by atoms with Crippen LogP contribution < -0.4 is 20.6 Å². The standard InChI is InChI=1S/C13H18BrN3O2S/c1-4-18-11-6-9(7-16-17-13(15)20)5-10(14)12(11)19-8(2)3/h5-8H,4H2,1-3H3,(H3,15,17,20). The number of hydrazone groups is 1. The van der Waals surface area contributed by atoms with E-state index in [4.69, 9.17) is 15.2 Å². The second-order valence-corrected chi connectivity index (χ2v) is 5.46. The molecule has 0 aliphatic carbocycles. The van der Waals surface area contributed by atoms with Crippen LogP contribution in [-0.4, -0.2) is 24.0 Å². The van der Waals surface area contributed by atoms with Gasteiger partial charge in [0.05, 0.1) is 23.4 Å². The molecule has 7 heteroatoms. The lowest BCUT2D eigenvalue weighted by molar-refractivity contribution is 0.222. The molecule has 0 unspecified atom stereocenters. The maximum absolute atomic E-state index is 5.75. The molecule has 1 aromatic rings. The summed E-state index contributed by atoms with van der Waals surface area (Å²) in [5.41, 5.74) is 8.63. The van der Waals surface area contributed by atoms with Gasteiger partial charge in [0.2, 0.25) is 0 Å². The molecule has 1 rings (SSSR count). The monoisotopic (exact) mass is 359 g/mol. The average Bonchev–Trinajstić information content (AvgIpc) is 2.33. The number of rotatable bonds is 6. The molecular formula is C13H18BrN3O2S. The van der Waals surface area contributed by atoms with Gasteiger partial charge in [0, 0.05) is 0 Å². The van der Waals surface area contributed by atoms with Gasteiger partial charge in [-0.3, -0.25) is 5.43 Å². The number of halogens is 1. The smallest absolute Gasteiger partial charge is 0.184 e. The molecule has 0 aromatic heterocycles. The summed E-state index contributed by atoms with van der Waals surface area (Å²) in [6.07, 6.45) is 1.66. The maximum atomic E-state index is 5.75. The summed E-state index contributed by atoms with van der Waals surface area (Å²) in [5.74, 6) is 1.34. The summed E-state index contributed by atoms with van der Waals surface area (Å²) in [6.45, 7) is 6.39. The fourth-order valence-electron chi connectivity index (χ4n) is 1.45. The van der Waals surface area contributed by atoms with E-state index in [1.54, 1.807) is 6.21 Å². The van der Waals surface area contributed by atoms with Gasteiger partial charge in [0.1, 0.15) is 0 Å². The lowest BCUT2D eigenvalue weighted by atomic mass is 10.2. The predicted octanol–water partition coefficient (Wildman–Crippen LogP) is 2.80. The molecule has 0 aliphatic heterocycles. The fraction of sp³-hybridized carbons (Fsp3) is 0.385. The van der Waals surface area contributed by atoms with Gasteiger partial charge in [-0.15, -0.1) is 0 Å². The second-order valence-electron chi connectivity index (χ2n) is 4.16. The van der Waals surface area contributed by atoms with Gasteiger partial charge in [-0.25, -0.2) is 0 Å². The number of thiocarbonyl (C=S) groups is 1. The zero-order chi connectivity index (χ0) is 15.1. The van der Waals surface area contributed by atoms with Crippen LogP contribution in [0.1, 0.15) is 26.3 Å². The maximum Gasteiger partial charge on any atom is 0.184 e. The molecule has 20 heavy (non-hydrogen) atoms. The summed E-state index contributed by atoms with van der Waals surface area (Å²) in [7, 11) is 0. The van der Waals surface area contributed by atoms with Gasteiger partial charge < -0.3 is 15.2 Å². The minimum Gasteiger partial charge on any atom is -0.490 e. The number of nitrogens with one attached hydrogen (secondary N) is 1. The highest BCUT2D eigenvalue weighted by Gasteiger charge is 2.13. The number of hydrogen-bond donors (Lipinski definition) is 2. The predicted molar refractivity (Wildman–Crippen MR) is 88.6 cm³/mol. The highest BCUT2D eigenvalue weighted by atomic mass is 79.9. The first-order valence-electron chi connectivity index (χ1n) is 6.15. The van der Waals surface area contributed by atoms with Crippen molar-refractivity contribution in [2.24, 2.45) is 10.8 Å². The molecule has 110 valence electrons. The van der Waals surface area contributed by atoms with Gasteiger partial charge >= 0.3 is 0 Å². The molecule has 1 aromatic carbocycles. The first-order chi connectivity index (χ1) is 9.43. The number of nitrogens with zero attached hydrogens (tertiary/aromatic N) is 1. The zero-order valence-electron chi connectivity index (χ0n) is 11.6. The van der Waals surface area contributed by atoms with Crippen molar-refractivity contribution in [3.05, 3.63) is 22.2 Å². The molecule has 0 spiro atoms. The topological polar surface area (TPSA) is 68.9 Å². The molecule has 0 atom stereocenters. The van der Waals surface area contributed by atoms with Crippen LogP contribution in [0.4, 0.5) is 0 Å². The Balaban J connectivity index is 3.05. The Morgan fingerprint density at radius 3 is 2.80 bits per heavy atom. The molecule has 0 heterocycles. The van der Waals surface area contributed by atoms with Crippen LogP contribution in [0.25, 0.3) is 0 Å². The highest BCUT2D eigenvalue weighted by molar-refractivity contribution is 9.10. The third-order valence-corrected chi connectivity index (χ3v) is 2.75. The van der Waals surface area contributed by atoms with Gasteiger partial charge in [0.25, 0.3) is 0 Å². The Bertz CT molecular complexity index is 507. The van der Waals surface area contributed by atoms with Crippen molar-refractivity contribution < 1.29 is 9.47 Å². The molecular weight excluding hydrogens is 342 g/mol. The quantitative estimate of drug-likeness (QED) is 0.464. The molecule has 5 nitrogen and oxygen atoms in total. The third-order valence-electron chi connectivity index (χ3n) is 2.07. The number of nitrogens with two attached hydrogens (primary N) is 1. The minimum atomic E-state index is 0.0568.